The van der Waals surface area contributed by atoms with E-state index in [2.05, 4.69) is 102 Å². The first-order chi connectivity index (χ1) is 15.1. The minimum Gasteiger partial charge on any atom is -0.0923 e. The quantitative estimate of drug-likeness (QED) is 0.299. The molecule has 3 aromatic rings. The number of fused-ring (bicyclic) bond motifs is 2. The minimum absolute atomic E-state index is 0.00375. The van der Waals surface area contributed by atoms with Crippen molar-refractivity contribution in [2.45, 2.75) is 67.2 Å². The highest BCUT2D eigenvalue weighted by atomic mass is 14.2. The number of benzene rings is 3. The first-order valence-electron chi connectivity index (χ1n) is 11.9. The summed E-state index contributed by atoms with van der Waals surface area (Å²) in [6, 6.07) is 11.4. The first kappa shape index (κ1) is 20.9. The van der Waals surface area contributed by atoms with Crippen molar-refractivity contribution in [3.63, 3.8) is 0 Å². The van der Waals surface area contributed by atoms with Gasteiger partial charge in [0.2, 0.25) is 0 Å². The summed E-state index contributed by atoms with van der Waals surface area (Å²) in [7, 11) is 0. The third-order valence-electron chi connectivity index (χ3n) is 6.42. The maximum absolute atomic E-state index is 3.56. The molecule has 0 unspecified atom stereocenters. The SMILES string of the molecule is CC(C)(C)C#CC1=c2cccc3c4c5c(c(C#CC(C)(C)C)ccc5c(c23)CC1)=CCC4. The van der Waals surface area contributed by atoms with Crippen LogP contribution in [-0.4, -0.2) is 0 Å². The van der Waals surface area contributed by atoms with E-state index < -0.39 is 0 Å². The van der Waals surface area contributed by atoms with E-state index in [1.54, 1.807) is 0 Å². The number of aryl methyl sites for hydroxylation is 2. The van der Waals surface area contributed by atoms with E-state index in [9.17, 15) is 0 Å². The van der Waals surface area contributed by atoms with Crippen LogP contribution in [0.25, 0.3) is 33.2 Å². The summed E-state index contributed by atoms with van der Waals surface area (Å²) in [5.41, 5.74) is 5.51. The maximum Gasteiger partial charge on any atom is 0.0321 e. The summed E-state index contributed by atoms with van der Waals surface area (Å²) in [5, 5.41) is 8.45. The Kier molecular flexibility index (Phi) is 4.76. The van der Waals surface area contributed by atoms with Crippen LogP contribution >= 0.6 is 0 Å². The molecule has 32 heavy (non-hydrogen) atoms. The van der Waals surface area contributed by atoms with Crippen molar-refractivity contribution >= 4 is 33.2 Å². The van der Waals surface area contributed by atoms with Gasteiger partial charge in [-0.2, -0.15) is 0 Å². The largest absolute Gasteiger partial charge is 0.0923 e. The van der Waals surface area contributed by atoms with Gasteiger partial charge in [0, 0.05) is 22.0 Å². The summed E-state index contributed by atoms with van der Waals surface area (Å²) in [6.07, 6.45) is 6.68. The monoisotopic (exact) mass is 416 g/mol. The molecule has 0 spiro atoms. The summed E-state index contributed by atoms with van der Waals surface area (Å²) in [4.78, 5) is 0. The standard InChI is InChI=1S/C32H32/c1-31(2,3)19-17-21-13-15-27-28-16-14-22(18-20-32(4,5)6)24-10-8-12-26(30(24)28)25-11-7-9-23(21)29(25)27/h7,9-11,14,16H,8,12-13,15H2,1-6H3. The molecule has 3 aromatic carbocycles. The van der Waals surface area contributed by atoms with Gasteiger partial charge in [-0.05, 0) is 116 Å². The summed E-state index contributed by atoms with van der Waals surface area (Å²) in [5.74, 6) is 14.0. The zero-order chi connectivity index (χ0) is 22.7. The molecule has 0 heteroatoms. The van der Waals surface area contributed by atoms with Crippen LogP contribution < -0.4 is 10.4 Å². The van der Waals surface area contributed by atoms with Gasteiger partial charge in [0.1, 0.15) is 0 Å². The van der Waals surface area contributed by atoms with E-state index in [0.29, 0.717) is 0 Å². The van der Waals surface area contributed by atoms with Crippen LogP contribution in [0.1, 0.15) is 71.1 Å². The van der Waals surface area contributed by atoms with Crippen molar-refractivity contribution in [3.8, 4) is 23.7 Å². The van der Waals surface area contributed by atoms with Crippen molar-refractivity contribution in [1.82, 2.24) is 0 Å². The Morgan fingerprint density at radius 3 is 2.12 bits per heavy atom. The third kappa shape index (κ3) is 3.63. The topological polar surface area (TPSA) is 0 Å². The zero-order valence-electron chi connectivity index (χ0n) is 20.3. The second kappa shape index (κ2) is 7.29. The van der Waals surface area contributed by atoms with Gasteiger partial charge >= 0.3 is 0 Å². The third-order valence-corrected chi connectivity index (χ3v) is 6.42. The molecule has 0 bridgehead atoms. The Morgan fingerprint density at radius 2 is 1.38 bits per heavy atom. The average Bonchev–Trinajstić information content (AvgIpc) is 2.73. The fraction of sp³-hybridized carbons (Fsp3) is 0.375. The Morgan fingerprint density at radius 1 is 0.688 bits per heavy atom. The van der Waals surface area contributed by atoms with Gasteiger partial charge in [-0.25, -0.2) is 0 Å². The van der Waals surface area contributed by atoms with Crippen LogP contribution in [-0.2, 0) is 12.8 Å². The van der Waals surface area contributed by atoms with E-state index in [1.807, 2.05) is 0 Å². The van der Waals surface area contributed by atoms with E-state index in [-0.39, 0.29) is 10.8 Å². The lowest BCUT2D eigenvalue weighted by atomic mass is 9.80. The molecule has 0 aliphatic heterocycles. The molecule has 0 atom stereocenters. The fourth-order valence-electron chi connectivity index (χ4n) is 5.08. The molecule has 2 aliphatic carbocycles. The van der Waals surface area contributed by atoms with Crippen molar-refractivity contribution in [2.24, 2.45) is 10.8 Å². The van der Waals surface area contributed by atoms with Crippen molar-refractivity contribution in [3.05, 3.63) is 57.5 Å². The van der Waals surface area contributed by atoms with Gasteiger partial charge in [-0.15, -0.1) is 0 Å². The van der Waals surface area contributed by atoms with Crippen molar-refractivity contribution < 1.29 is 0 Å². The smallest absolute Gasteiger partial charge is 0.0321 e. The molecule has 0 saturated heterocycles. The molecule has 0 heterocycles. The summed E-state index contributed by atoms with van der Waals surface area (Å²) >= 11 is 0. The number of hydrogen-bond donors (Lipinski definition) is 0. The van der Waals surface area contributed by atoms with Gasteiger partial charge in [0.05, 0.1) is 0 Å². The highest BCUT2D eigenvalue weighted by Crippen LogP contribution is 2.35. The van der Waals surface area contributed by atoms with Crippen LogP contribution in [0.3, 0.4) is 0 Å². The number of rotatable bonds is 0. The van der Waals surface area contributed by atoms with Crippen LogP contribution in [0.4, 0.5) is 0 Å². The van der Waals surface area contributed by atoms with E-state index in [1.165, 1.54) is 54.2 Å². The molecule has 5 rings (SSSR count). The minimum atomic E-state index is 0.00375. The highest BCUT2D eigenvalue weighted by Gasteiger charge is 2.21. The predicted octanol–water partition coefficient (Wildman–Crippen LogP) is 6.26. The van der Waals surface area contributed by atoms with Gasteiger partial charge in [-0.3, -0.25) is 0 Å². The normalized spacial score (nSPS) is 15.0. The molecule has 0 N–H and O–H groups in total. The molecule has 0 aromatic heterocycles. The second-order valence-electron chi connectivity index (χ2n) is 11.4. The first-order valence-corrected chi connectivity index (χ1v) is 11.9. The second-order valence-corrected chi connectivity index (χ2v) is 11.4. The van der Waals surface area contributed by atoms with Gasteiger partial charge in [0.25, 0.3) is 0 Å². The Balaban J connectivity index is 1.89. The molecule has 0 nitrogen and oxygen atoms in total. The van der Waals surface area contributed by atoms with Crippen molar-refractivity contribution in [1.29, 1.82) is 0 Å². The molecule has 0 amide bonds. The molecule has 0 saturated carbocycles. The Hall–Kier alpha value is -2.96. The van der Waals surface area contributed by atoms with Gasteiger partial charge in [0.15, 0.2) is 0 Å². The number of hydrogen-bond acceptors (Lipinski definition) is 0. The Bertz CT molecular complexity index is 1520. The predicted molar refractivity (Wildman–Crippen MR) is 139 cm³/mol. The Labute approximate surface area is 192 Å². The van der Waals surface area contributed by atoms with Crippen LogP contribution in [0, 0.1) is 34.5 Å². The van der Waals surface area contributed by atoms with Gasteiger partial charge < -0.3 is 0 Å². The molecule has 2 aliphatic rings. The zero-order valence-corrected chi connectivity index (χ0v) is 20.3. The lowest BCUT2D eigenvalue weighted by Gasteiger charge is -2.23. The fourth-order valence-corrected chi connectivity index (χ4v) is 5.08. The van der Waals surface area contributed by atoms with Crippen molar-refractivity contribution in [2.75, 3.05) is 0 Å². The lowest BCUT2D eigenvalue weighted by Crippen LogP contribution is -2.20. The van der Waals surface area contributed by atoms with Crippen LogP contribution in [0.5, 0.6) is 0 Å². The molecule has 0 radical (unpaired) electrons. The lowest BCUT2D eigenvalue weighted by molar-refractivity contribution is 0.570. The van der Waals surface area contributed by atoms with Gasteiger partial charge in [-0.1, -0.05) is 54.0 Å². The van der Waals surface area contributed by atoms with Crippen LogP contribution in [0.15, 0.2) is 30.3 Å². The maximum atomic E-state index is 3.56. The molecule has 160 valence electrons. The van der Waals surface area contributed by atoms with E-state index in [0.717, 1.165) is 25.7 Å². The van der Waals surface area contributed by atoms with Crippen LogP contribution in [0.2, 0.25) is 0 Å². The molecular weight excluding hydrogens is 384 g/mol. The molecule has 0 fully saturated rings. The average molecular weight is 417 g/mol. The summed E-state index contributed by atoms with van der Waals surface area (Å²) in [6.45, 7) is 13.1. The van der Waals surface area contributed by atoms with E-state index >= 15 is 0 Å². The highest BCUT2D eigenvalue weighted by molar-refractivity contribution is 6.08. The van der Waals surface area contributed by atoms with E-state index in [4.69, 9.17) is 0 Å². The molecular formula is C32H32. The summed E-state index contributed by atoms with van der Waals surface area (Å²) < 4.78 is 0.